The second kappa shape index (κ2) is 15.0. The van der Waals surface area contributed by atoms with E-state index in [4.69, 9.17) is 0 Å². The van der Waals surface area contributed by atoms with Crippen molar-refractivity contribution >= 4 is 5.69 Å². The van der Waals surface area contributed by atoms with Gasteiger partial charge in [0.15, 0.2) is 11.5 Å². The molecule has 1 N–H and O–H groups in total. The summed E-state index contributed by atoms with van der Waals surface area (Å²) in [6.45, 7) is 8.62. The van der Waals surface area contributed by atoms with E-state index in [0.29, 0.717) is 5.69 Å². The Morgan fingerprint density at radius 1 is 0.778 bits per heavy atom. The van der Waals surface area contributed by atoms with E-state index in [1.54, 1.807) is 6.07 Å². The zero-order valence-corrected chi connectivity index (χ0v) is 18.0. The van der Waals surface area contributed by atoms with Crippen LogP contribution in [0.25, 0.3) is 0 Å². The predicted octanol–water partition coefficient (Wildman–Crippen LogP) is 6.84. The first-order chi connectivity index (χ1) is 13.1. The lowest BCUT2D eigenvalue weighted by molar-refractivity contribution is -0.835. The molecule has 1 aromatic rings. The average Bonchev–Trinajstić information content (AvgIpc) is 2.66. The molecule has 1 nitrogen and oxygen atoms in total. The summed E-state index contributed by atoms with van der Waals surface area (Å²) in [6, 6.07) is 4.08. The number of halogens is 2. The summed E-state index contributed by atoms with van der Waals surface area (Å²) < 4.78 is 27.7. The minimum Gasteiger partial charge on any atom is -0.300 e. The second-order valence-corrected chi connectivity index (χ2v) is 8.05. The van der Waals surface area contributed by atoms with Gasteiger partial charge in [-0.1, -0.05) is 78.6 Å². The van der Waals surface area contributed by atoms with Crippen LogP contribution in [-0.2, 0) is 0 Å². The molecular weight excluding hydrogens is 340 g/mol. The number of hydrogen-bond acceptors (Lipinski definition) is 0. The quantitative estimate of drug-likeness (QED) is 0.299. The molecule has 3 heteroatoms. The van der Waals surface area contributed by atoms with E-state index in [-0.39, 0.29) is 0 Å². The number of nitrogens with one attached hydrogen (secondary N) is 1. The molecule has 2 unspecified atom stereocenters. The average molecular weight is 383 g/mol. The molecule has 0 amide bonds. The summed E-state index contributed by atoms with van der Waals surface area (Å²) in [4.78, 5) is 1.19. The molecule has 0 aliphatic heterocycles. The van der Waals surface area contributed by atoms with Crippen molar-refractivity contribution < 1.29 is 13.7 Å². The number of hydrogen-bond donors (Lipinski definition) is 1. The second-order valence-electron chi connectivity index (χ2n) is 8.05. The first-order valence-electron chi connectivity index (χ1n) is 11.4. The highest BCUT2D eigenvalue weighted by Crippen LogP contribution is 2.17. The highest BCUT2D eigenvalue weighted by molar-refractivity contribution is 5.31. The predicted molar refractivity (Wildman–Crippen MR) is 113 cm³/mol. The summed E-state index contributed by atoms with van der Waals surface area (Å²) in [5, 5.41) is 0. The van der Waals surface area contributed by atoms with Crippen LogP contribution < -0.4 is 4.90 Å². The van der Waals surface area contributed by atoms with Crippen molar-refractivity contribution in [3.05, 3.63) is 29.8 Å². The number of unbranched alkanes of at least 4 members (excludes halogenated alkanes) is 7. The number of quaternary nitrogens is 1. The van der Waals surface area contributed by atoms with Crippen molar-refractivity contribution in [2.24, 2.45) is 5.92 Å². The maximum absolute atomic E-state index is 14.4. The van der Waals surface area contributed by atoms with E-state index in [1.165, 1.54) is 75.2 Å². The Morgan fingerprint density at radius 3 is 2.07 bits per heavy atom. The summed E-state index contributed by atoms with van der Waals surface area (Å²) in [7, 11) is 0. The van der Waals surface area contributed by atoms with Crippen molar-refractivity contribution in [3.63, 3.8) is 0 Å². The van der Waals surface area contributed by atoms with Gasteiger partial charge in [-0.25, -0.2) is 8.78 Å². The summed E-state index contributed by atoms with van der Waals surface area (Å²) in [5.74, 6) is -0.159. The van der Waals surface area contributed by atoms with Crippen LogP contribution in [0.3, 0.4) is 0 Å². The van der Waals surface area contributed by atoms with Crippen LogP contribution >= 0.6 is 0 Å². The Kier molecular flexibility index (Phi) is 13.4. The Bertz CT molecular complexity index is 489. The number of benzene rings is 1. The zero-order chi connectivity index (χ0) is 19.9. The molecule has 156 valence electrons. The normalized spacial score (nSPS) is 13.7. The van der Waals surface area contributed by atoms with Gasteiger partial charge in [-0.2, -0.15) is 0 Å². The molecular formula is C24H42F2N+. The first kappa shape index (κ1) is 24.1. The van der Waals surface area contributed by atoms with Gasteiger partial charge in [0.05, 0.1) is 13.1 Å². The van der Waals surface area contributed by atoms with Crippen LogP contribution in [0.2, 0.25) is 0 Å². The van der Waals surface area contributed by atoms with Crippen molar-refractivity contribution in [2.45, 2.75) is 97.8 Å². The molecule has 0 spiro atoms. The molecule has 0 aromatic heterocycles. The summed E-state index contributed by atoms with van der Waals surface area (Å²) in [5.41, 5.74) is 0.646. The molecule has 0 fully saturated rings. The van der Waals surface area contributed by atoms with Crippen molar-refractivity contribution in [3.8, 4) is 0 Å². The molecule has 1 rings (SSSR count). The van der Waals surface area contributed by atoms with Gasteiger partial charge in [0.25, 0.3) is 0 Å². The minimum atomic E-state index is -0.485. The molecule has 0 radical (unpaired) electrons. The lowest BCUT2D eigenvalue weighted by atomic mass is 9.95. The van der Waals surface area contributed by atoms with Crippen LogP contribution in [0, 0.1) is 17.6 Å². The van der Waals surface area contributed by atoms with Crippen LogP contribution in [0.4, 0.5) is 14.5 Å². The fraction of sp³-hybridized carbons (Fsp3) is 0.750. The third-order valence-corrected chi connectivity index (χ3v) is 5.79. The minimum absolute atomic E-state index is 0.394. The van der Waals surface area contributed by atoms with Gasteiger partial charge in [0, 0.05) is 12.1 Å². The molecule has 0 aliphatic rings. The molecule has 0 saturated heterocycles. The van der Waals surface area contributed by atoms with Gasteiger partial charge in [-0.15, -0.1) is 0 Å². The fourth-order valence-electron chi connectivity index (χ4n) is 3.89. The third-order valence-electron chi connectivity index (χ3n) is 5.79. The van der Waals surface area contributed by atoms with Crippen molar-refractivity contribution in [1.29, 1.82) is 0 Å². The molecule has 27 heavy (non-hydrogen) atoms. The highest BCUT2D eigenvalue weighted by Gasteiger charge is 2.19. The Morgan fingerprint density at radius 2 is 1.44 bits per heavy atom. The number of rotatable bonds is 16. The van der Waals surface area contributed by atoms with E-state index in [0.717, 1.165) is 37.9 Å². The van der Waals surface area contributed by atoms with E-state index in [9.17, 15) is 8.78 Å². The standard InChI is InChI=1S/C24H41F2N/c1-4-7-9-10-11-12-13-18-27(19-17-21(6-3)14-8-5-2)24-16-15-22(25)20-23(24)26/h15-16,20-21H,4-14,17-19H2,1-3H3/p+1. The van der Waals surface area contributed by atoms with Gasteiger partial charge in [0.2, 0.25) is 0 Å². The van der Waals surface area contributed by atoms with E-state index < -0.39 is 11.6 Å². The van der Waals surface area contributed by atoms with Crippen molar-refractivity contribution in [2.75, 3.05) is 13.1 Å². The maximum atomic E-state index is 14.4. The van der Waals surface area contributed by atoms with Crippen LogP contribution in [0.15, 0.2) is 18.2 Å². The van der Waals surface area contributed by atoms with Gasteiger partial charge in [0.1, 0.15) is 5.82 Å². The lowest BCUT2D eigenvalue weighted by Gasteiger charge is -2.22. The maximum Gasteiger partial charge on any atom is 0.186 e. The monoisotopic (exact) mass is 382 g/mol. The van der Waals surface area contributed by atoms with Crippen molar-refractivity contribution in [1.82, 2.24) is 0 Å². The van der Waals surface area contributed by atoms with E-state index >= 15 is 0 Å². The van der Waals surface area contributed by atoms with Gasteiger partial charge in [-0.3, -0.25) is 4.90 Å². The fourth-order valence-corrected chi connectivity index (χ4v) is 3.89. The lowest BCUT2D eigenvalue weighted by Crippen LogP contribution is -3.07. The van der Waals surface area contributed by atoms with E-state index in [1.807, 2.05) is 0 Å². The van der Waals surface area contributed by atoms with E-state index in [2.05, 4.69) is 20.8 Å². The molecule has 0 saturated carbocycles. The molecule has 0 bridgehead atoms. The largest absolute Gasteiger partial charge is 0.300 e. The van der Waals surface area contributed by atoms with Gasteiger partial charge in [-0.05, 0) is 31.2 Å². The smallest absolute Gasteiger partial charge is 0.186 e. The Labute approximate surface area is 166 Å². The van der Waals surface area contributed by atoms with Gasteiger partial charge >= 0.3 is 0 Å². The Hall–Kier alpha value is -0.960. The molecule has 2 atom stereocenters. The Balaban J connectivity index is 2.58. The molecule has 1 aromatic carbocycles. The summed E-state index contributed by atoms with van der Waals surface area (Å²) in [6.07, 6.45) is 14.9. The highest BCUT2D eigenvalue weighted by atomic mass is 19.1. The molecule has 0 heterocycles. The topological polar surface area (TPSA) is 4.44 Å². The SMILES string of the molecule is CCCCCCCCC[NH+](CCC(CC)CCCC)c1ccc(F)cc1F. The van der Waals surface area contributed by atoms with Crippen LogP contribution in [0.1, 0.15) is 97.8 Å². The zero-order valence-electron chi connectivity index (χ0n) is 18.0. The van der Waals surface area contributed by atoms with Gasteiger partial charge < -0.3 is 0 Å². The van der Waals surface area contributed by atoms with Crippen LogP contribution in [-0.4, -0.2) is 13.1 Å². The third kappa shape index (κ3) is 10.2. The summed E-state index contributed by atoms with van der Waals surface area (Å²) >= 11 is 0. The molecule has 0 aliphatic carbocycles. The first-order valence-corrected chi connectivity index (χ1v) is 11.4. The van der Waals surface area contributed by atoms with Crippen LogP contribution in [0.5, 0.6) is 0 Å².